The maximum absolute atomic E-state index is 10.9. The number of halogens is 2. The van der Waals surface area contributed by atoms with Gasteiger partial charge in [0.1, 0.15) is 5.52 Å². The quantitative estimate of drug-likeness (QED) is 0.743. The van der Waals surface area contributed by atoms with Crippen molar-refractivity contribution >= 4 is 39.5 Å². The molecule has 66 valence electrons. The maximum atomic E-state index is 10.9. The standard InChI is InChI=1S/C8H4Cl2N2O/c9-6-4(8(10)13)1-2-5-7(6)12-3-11-5/h1-3H,(H,11,12). The summed E-state index contributed by atoms with van der Waals surface area (Å²) in [5, 5.41) is -0.284. The first-order chi connectivity index (χ1) is 6.20. The van der Waals surface area contributed by atoms with E-state index in [2.05, 4.69) is 9.97 Å². The van der Waals surface area contributed by atoms with Crippen LogP contribution in [0.4, 0.5) is 0 Å². The van der Waals surface area contributed by atoms with Crippen LogP contribution in [0.15, 0.2) is 18.5 Å². The molecule has 0 saturated heterocycles. The Morgan fingerprint density at radius 2 is 2.23 bits per heavy atom. The topological polar surface area (TPSA) is 45.8 Å². The third kappa shape index (κ3) is 1.30. The van der Waals surface area contributed by atoms with E-state index in [-0.39, 0.29) is 5.56 Å². The predicted octanol–water partition coefficient (Wildman–Crippen LogP) is 2.60. The van der Waals surface area contributed by atoms with Gasteiger partial charge in [-0.3, -0.25) is 4.79 Å². The molecule has 3 nitrogen and oxygen atoms in total. The molecule has 0 spiro atoms. The molecule has 0 aliphatic rings. The highest BCUT2D eigenvalue weighted by atomic mass is 35.5. The van der Waals surface area contributed by atoms with E-state index in [4.69, 9.17) is 23.2 Å². The molecule has 0 fully saturated rings. The molecule has 2 aromatic rings. The van der Waals surface area contributed by atoms with Crippen molar-refractivity contribution in [1.29, 1.82) is 0 Å². The van der Waals surface area contributed by atoms with Gasteiger partial charge in [-0.25, -0.2) is 4.98 Å². The van der Waals surface area contributed by atoms with Crippen molar-refractivity contribution in [3.05, 3.63) is 29.0 Å². The molecule has 1 heterocycles. The van der Waals surface area contributed by atoms with Crippen LogP contribution in [0.25, 0.3) is 11.0 Å². The van der Waals surface area contributed by atoms with Gasteiger partial charge in [-0.1, -0.05) is 11.6 Å². The van der Waals surface area contributed by atoms with Gasteiger partial charge >= 0.3 is 0 Å². The fourth-order valence-corrected chi connectivity index (χ4v) is 1.63. The Balaban J connectivity index is 2.80. The molecule has 5 heteroatoms. The molecule has 2 rings (SSSR count). The zero-order valence-electron chi connectivity index (χ0n) is 6.34. The molecule has 0 bridgehead atoms. The normalized spacial score (nSPS) is 10.6. The third-order valence-electron chi connectivity index (χ3n) is 1.74. The highest BCUT2D eigenvalue weighted by molar-refractivity contribution is 6.69. The summed E-state index contributed by atoms with van der Waals surface area (Å²) in [6.07, 6.45) is 1.51. The number of rotatable bonds is 1. The molecule has 1 aromatic carbocycles. The number of aromatic amines is 1. The summed E-state index contributed by atoms with van der Waals surface area (Å²) in [7, 11) is 0. The van der Waals surface area contributed by atoms with E-state index in [9.17, 15) is 4.79 Å². The van der Waals surface area contributed by atoms with Gasteiger partial charge in [0.05, 0.1) is 22.4 Å². The van der Waals surface area contributed by atoms with Crippen molar-refractivity contribution in [1.82, 2.24) is 9.97 Å². The number of carbonyl (C=O) groups excluding carboxylic acids is 1. The van der Waals surface area contributed by atoms with Crippen molar-refractivity contribution in [2.75, 3.05) is 0 Å². The molecule has 0 aliphatic heterocycles. The second-order valence-electron chi connectivity index (χ2n) is 2.50. The van der Waals surface area contributed by atoms with Crippen LogP contribution in [-0.4, -0.2) is 15.2 Å². The van der Waals surface area contributed by atoms with Crippen LogP contribution in [0.1, 0.15) is 10.4 Å². The molecule has 13 heavy (non-hydrogen) atoms. The maximum Gasteiger partial charge on any atom is 0.253 e. The van der Waals surface area contributed by atoms with Crippen molar-refractivity contribution < 1.29 is 4.79 Å². The summed E-state index contributed by atoms with van der Waals surface area (Å²) in [5.41, 5.74) is 1.63. The van der Waals surface area contributed by atoms with E-state index in [1.807, 2.05) is 0 Å². The molecule has 0 saturated carbocycles. The summed E-state index contributed by atoms with van der Waals surface area (Å²) in [4.78, 5) is 17.7. The first-order valence-electron chi connectivity index (χ1n) is 3.51. The van der Waals surface area contributed by atoms with E-state index in [1.54, 1.807) is 12.1 Å². The van der Waals surface area contributed by atoms with Gasteiger partial charge in [0, 0.05) is 0 Å². The van der Waals surface area contributed by atoms with Gasteiger partial charge < -0.3 is 4.98 Å². The molecular formula is C8H4Cl2N2O. The monoisotopic (exact) mass is 214 g/mol. The van der Waals surface area contributed by atoms with Gasteiger partial charge in [-0.2, -0.15) is 0 Å². The minimum atomic E-state index is -0.574. The zero-order valence-corrected chi connectivity index (χ0v) is 7.86. The lowest BCUT2D eigenvalue weighted by atomic mass is 10.2. The van der Waals surface area contributed by atoms with Crippen LogP contribution >= 0.6 is 23.2 Å². The summed E-state index contributed by atoms with van der Waals surface area (Å²) >= 11 is 11.2. The van der Waals surface area contributed by atoms with Crippen molar-refractivity contribution in [3.63, 3.8) is 0 Å². The second-order valence-corrected chi connectivity index (χ2v) is 3.22. The van der Waals surface area contributed by atoms with Crippen LogP contribution in [0.5, 0.6) is 0 Å². The summed E-state index contributed by atoms with van der Waals surface area (Å²) in [6.45, 7) is 0. The van der Waals surface area contributed by atoms with Crippen LogP contribution in [-0.2, 0) is 0 Å². The lowest BCUT2D eigenvalue weighted by Gasteiger charge is -1.97. The van der Waals surface area contributed by atoms with E-state index in [1.165, 1.54) is 6.33 Å². The highest BCUT2D eigenvalue weighted by Gasteiger charge is 2.11. The number of nitrogens with one attached hydrogen (secondary N) is 1. The number of imidazole rings is 1. The van der Waals surface area contributed by atoms with Gasteiger partial charge in [0.15, 0.2) is 0 Å². The summed E-state index contributed by atoms with van der Waals surface area (Å²) in [6, 6.07) is 3.28. The molecule has 1 N–H and O–H groups in total. The van der Waals surface area contributed by atoms with Crippen molar-refractivity contribution in [3.8, 4) is 0 Å². The number of fused-ring (bicyclic) bond motifs is 1. The van der Waals surface area contributed by atoms with Crippen LogP contribution in [0.3, 0.4) is 0 Å². The van der Waals surface area contributed by atoms with E-state index < -0.39 is 5.24 Å². The fourth-order valence-electron chi connectivity index (χ4n) is 1.13. The smallest absolute Gasteiger partial charge is 0.253 e. The van der Waals surface area contributed by atoms with E-state index >= 15 is 0 Å². The van der Waals surface area contributed by atoms with Gasteiger partial charge in [-0.15, -0.1) is 0 Å². The molecule has 0 atom stereocenters. The SMILES string of the molecule is O=C(Cl)c1ccc2[nH]cnc2c1Cl. The molecule has 0 amide bonds. The Bertz CT molecular complexity index is 478. The molecule has 0 radical (unpaired) electrons. The predicted molar refractivity (Wildman–Crippen MR) is 51.3 cm³/mol. The highest BCUT2D eigenvalue weighted by Crippen LogP contribution is 2.25. The molecule has 0 aliphatic carbocycles. The van der Waals surface area contributed by atoms with Crippen LogP contribution in [0.2, 0.25) is 5.02 Å². The van der Waals surface area contributed by atoms with Gasteiger partial charge in [-0.05, 0) is 23.7 Å². The minimum absolute atomic E-state index is 0.280. The number of aromatic nitrogens is 2. The Morgan fingerprint density at radius 1 is 1.46 bits per heavy atom. The number of benzene rings is 1. The summed E-state index contributed by atoms with van der Waals surface area (Å²) in [5.74, 6) is 0. The Kier molecular flexibility index (Phi) is 1.98. The minimum Gasteiger partial charge on any atom is -0.345 e. The fraction of sp³-hybridized carbons (Fsp3) is 0. The third-order valence-corrected chi connectivity index (χ3v) is 2.33. The number of hydrogen-bond acceptors (Lipinski definition) is 2. The Hall–Kier alpha value is -1.06. The lowest BCUT2D eigenvalue weighted by Crippen LogP contribution is -1.90. The van der Waals surface area contributed by atoms with Crippen LogP contribution in [0, 0.1) is 0 Å². The zero-order chi connectivity index (χ0) is 9.42. The molecule has 1 aromatic heterocycles. The van der Waals surface area contributed by atoms with Gasteiger partial charge in [0.2, 0.25) is 0 Å². The average Bonchev–Trinajstić information content (AvgIpc) is 2.52. The summed E-state index contributed by atoms with van der Waals surface area (Å²) < 4.78 is 0. The number of carbonyl (C=O) groups is 1. The number of hydrogen-bond donors (Lipinski definition) is 1. The molecular weight excluding hydrogens is 211 g/mol. The lowest BCUT2D eigenvalue weighted by molar-refractivity contribution is 0.108. The van der Waals surface area contributed by atoms with Crippen molar-refractivity contribution in [2.24, 2.45) is 0 Å². The number of nitrogens with zero attached hydrogens (tertiary/aromatic N) is 1. The van der Waals surface area contributed by atoms with E-state index in [0.717, 1.165) is 5.52 Å². The first-order valence-corrected chi connectivity index (χ1v) is 4.27. The molecule has 0 unspecified atom stereocenters. The Morgan fingerprint density at radius 3 is 2.92 bits per heavy atom. The van der Waals surface area contributed by atoms with Crippen LogP contribution < -0.4 is 0 Å². The first kappa shape index (κ1) is 8.53. The van der Waals surface area contributed by atoms with E-state index in [0.29, 0.717) is 10.5 Å². The largest absolute Gasteiger partial charge is 0.345 e. The average molecular weight is 215 g/mol. The van der Waals surface area contributed by atoms with Gasteiger partial charge in [0.25, 0.3) is 5.24 Å². The second kappa shape index (κ2) is 3.01. The Labute approximate surface area is 83.7 Å². The van der Waals surface area contributed by atoms with Crippen molar-refractivity contribution in [2.45, 2.75) is 0 Å². The number of H-pyrrole nitrogens is 1.